The predicted octanol–water partition coefficient (Wildman–Crippen LogP) is 6.05. The van der Waals surface area contributed by atoms with Gasteiger partial charge < -0.3 is 15.3 Å². The van der Waals surface area contributed by atoms with Crippen LogP contribution in [0.2, 0.25) is 0 Å². The predicted molar refractivity (Wildman–Crippen MR) is 122 cm³/mol. The van der Waals surface area contributed by atoms with E-state index in [0.29, 0.717) is 0 Å². The fourth-order valence-electron chi connectivity index (χ4n) is 3.23. The highest BCUT2D eigenvalue weighted by molar-refractivity contribution is 8.00. The lowest BCUT2D eigenvalue weighted by Crippen LogP contribution is -2.23. The van der Waals surface area contributed by atoms with E-state index in [-0.39, 0.29) is 23.8 Å². The number of aliphatic carboxylic acids is 2. The van der Waals surface area contributed by atoms with Crippen LogP contribution in [0.5, 0.6) is 0 Å². The van der Waals surface area contributed by atoms with E-state index in [4.69, 9.17) is 10.2 Å². The Labute approximate surface area is 181 Å². The molecule has 0 aromatic heterocycles. The molecule has 0 aromatic rings. The first-order chi connectivity index (χ1) is 14.0. The Balaban J connectivity index is 3.81. The quantitative estimate of drug-likeness (QED) is 0.152. The Hall–Kier alpha value is -1.01. The van der Waals surface area contributed by atoms with Gasteiger partial charge in [-0.1, -0.05) is 89.7 Å². The van der Waals surface area contributed by atoms with Gasteiger partial charge >= 0.3 is 11.9 Å². The van der Waals surface area contributed by atoms with Crippen LogP contribution in [0.25, 0.3) is 0 Å². The summed E-state index contributed by atoms with van der Waals surface area (Å²) in [6.45, 7) is 2.25. The molecule has 0 aliphatic heterocycles. The number of carboxylic acids is 2. The van der Waals surface area contributed by atoms with Crippen molar-refractivity contribution in [3.05, 3.63) is 12.2 Å². The molecule has 0 radical (unpaired) electrons. The Morgan fingerprint density at radius 2 is 1.34 bits per heavy atom. The molecular weight excluding hydrogens is 388 g/mol. The second-order valence-electron chi connectivity index (χ2n) is 7.78. The summed E-state index contributed by atoms with van der Waals surface area (Å²) in [4.78, 5) is 21.4. The van der Waals surface area contributed by atoms with Crippen molar-refractivity contribution in [1.29, 1.82) is 0 Å². The average Bonchev–Trinajstić information content (AvgIpc) is 2.68. The van der Waals surface area contributed by atoms with Crippen molar-refractivity contribution in [2.75, 3.05) is 5.75 Å². The Bertz CT molecular complexity index is 439. The molecule has 0 saturated heterocycles. The van der Waals surface area contributed by atoms with E-state index in [2.05, 4.69) is 6.92 Å². The lowest BCUT2D eigenvalue weighted by atomic mass is 10.0. The molecule has 0 bridgehead atoms. The van der Waals surface area contributed by atoms with E-state index in [1.807, 2.05) is 12.2 Å². The molecule has 2 atom stereocenters. The van der Waals surface area contributed by atoms with Crippen molar-refractivity contribution in [3.8, 4) is 0 Å². The highest BCUT2D eigenvalue weighted by atomic mass is 32.2. The summed E-state index contributed by atoms with van der Waals surface area (Å²) in [5.74, 6) is -1.98. The van der Waals surface area contributed by atoms with E-state index < -0.39 is 18.0 Å². The fraction of sp³-hybridized carbons (Fsp3) is 0.826. The maximum Gasteiger partial charge on any atom is 0.313 e. The number of unbranched alkanes of at least 4 members (excludes halogenated alkanes) is 12. The molecule has 0 aromatic carbocycles. The van der Waals surface area contributed by atoms with Crippen LogP contribution < -0.4 is 0 Å². The van der Waals surface area contributed by atoms with E-state index in [1.165, 1.54) is 70.6 Å². The highest BCUT2D eigenvalue weighted by Crippen LogP contribution is 2.20. The van der Waals surface area contributed by atoms with Crippen molar-refractivity contribution >= 4 is 23.7 Å². The molecule has 5 nitrogen and oxygen atoms in total. The van der Waals surface area contributed by atoms with Crippen LogP contribution in [0.1, 0.15) is 103 Å². The highest BCUT2D eigenvalue weighted by Gasteiger charge is 2.19. The van der Waals surface area contributed by atoms with Crippen molar-refractivity contribution in [2.24, 2.45) is 0 Å². The van der Waals surface area contributed by atoms with Crippen molar-refractivity contribution in [1.82, 2.24) is 0 Å². The number of hydrogen-bond acceptors (Lipinski definition) is 4. The van der Waals surface area contributed by atoms with E-state index >= 15 is 0 Å². The van der Waals surface area contributed by atoms with Crippen molar-refractivity contribution < 1.29 is 24.9 Å². The van der Waals surface area contributed by atoms with Gasteiger partial charge in [-0.15, -0.1) is 11.8 Å². The number of allylic oxidation sites excluding steroid dienone is 1. The summed E-state index contributed by atoms with van der Waals surface area (Å²) in [5.41, 5.74) is 0. The zero-order valence-corrected chi connectivity index (χ0v) is 19.0. The number of carboxylic acid groups (broad SMARTS) is 2. The zero-order valence-electron chi connectivity index (χ0n) is 18.2. The fourth-order valence-corrected chi connectivity index (χ4v) is 4.15. The number of carbonyl (C=O) groups is 2. The number of thioether (sulfide) groups is 1. The first kappa shape index (κ1) is 28.0. The van der Waals surface area contributed by atoms with E-state index in [9.17, 15) is 14.7 Å². The van der Waals surface area contributed by atoms with E-state index in [0.717, 1.165) is 24.6 Å². The molecule has 6 heteroatoms. The number of hydrogen-bond donors (Lipinski definition) is 3. The minimum atomic E-state index is -0.952. The zero-order chi connectivity index (χ0) is 21.7. The summed E-state index contributed by atoms with van der Waals surface area (Å²) >= 11 is 1.15. The molecule has 170 valence electrons. The molecule has 2 unspecified atom stereocenters. The third-order valence-corrected chi connectivity index (χ3v) is 6.25. The van der Waals surface area contributed by atoms with Crippen molar-refractivity contribution in [2.45, 2.75) is 115 Å². The average molecular weight is 431 g/mol. The minimum Gasteiger partial charge on any atom is -0.481 e. The maximum absolute atomic E-state index is 10.8. The summed E-state index contributed by atoms with van der Waals surface area (Å²) < 4.78 is 0. The van der Waals surface area contributed by atoms with Gasteiger partial charge in [-0.05, 0) is 19.3 Å². The summed E-state index contributed by atoms with van der Waals surface area (Å²) in [7, 11) is 0. The third kappa shape index (κ3) is 20.1. The van der Waals surface area contributed by atoms with Crippen LogP contribution in [0, 0.1) is 0 Å². The molecule has 3 N–H and O–H groups in total. The summed E-state index contributed by atoms with van der Waals surface area (Å²) in [6.07, 6.45) is 19.6. The molecular formula is C23H42O5S. The topological polar surface area (TPSA) is 94.8 Å². The third-order valence-electron chi connectivity index (χ3n) is 4.98. The first-order valence-electron chi connectivity index (χ1n) is 11.4. The second-order valence-corrected chi connectivity index (χ2v) is 8.94. The molecule has 0 heterocycles. The molecule has 0 aliphatic carbocycles. The van der Waals surface area contributed by atoms with Gasteiger partial charge in [-0.2, -0.15) is 0 Å². The normalized spacial score (nSPS) is 13.6. The smallest absolute Gasteiger partial charge is 0.313 e. The summed E-state index contributed by atoms with van der Waals surface area (Å²) in [6, 6.07) is 0. The first-order valence-corrected chi connectivity index (χ1v) is 12.4. The van der Waals surface area contributed by atoms with Crippen molar-refractivity contribution in [3.63, 3.8) is 0 Å². The molecule has 0 rings (SSSR count). The number of aliphatic hydroxyl groups is 1. The summed E-state index contributed by atoms with van der Waals surface area (Å²) in [5, 5.41) is 27.4. The van der Waals surface area contributed by atoms with Gasteiger partial charge in [-0.25, -0.2) is 0 Å². The van der Waals surface area contributed by atoms with E-state index in [1.54, 1.807) is 0 Å². The van der Waals surface area contributed by atoms with Gasteiger partial charge in [-0.3, -0.25) is 9.59 Å². The van der Waals surface area contributed by atoms with Crippen LogP contribution in [-0.4, -0.2) is 44.4 Å². The molecule has 0 amide bonds. The Kier molecular flexibility index (Phi) is 19.6. The van der Waals surface area contributed by atoms with Crippen LogP contribution in [0.15, 0.2) is 12.2 Å². The van der Waals surface area contributed by atoms with Crippen LogP contribution >= 0.6 is 11.8 Å². The lowest BCUT2D eigenvalue weighted by molar-refractivity contribution is -0.137. The van der Waals surface area contributed by atoms with Gasteiger partial charge in [0.2, 0.25) is 0 Å². The Morgan fingerprint density at radius 1 is 0.828 bits per heavy atom. The van der Waals surface area contributed by atoms with Crippen LogP contribution in [0.4, 0.5) is 0 Å². The second kappa shape index (κ2) is 20.3. The standard InChI is InChI=1S/C23H42O5S/c1-2-3-4-5-6-7-8-9-10-11-12-13-14-15-16-21(29-19-23(27)28)20(24)17-18-22(25)26/h15-16,20-21,24H,2-14,17-19H2,1H3,(H,25,26)(H,27,28). The monoisotopic (exact) mass is 430 g/mol. The SMILES string of the molecule is CCCCCCCCCCCCCCC=CC(SCC(=O)O)C(O)CCC(=O)O. The minimum absolute atomic E-state index is 0.0995. The van der Waals surface area contributed by atoms with Gasteiger partial charge in [0.25, 0.3) is 0 Å². The lowest BCUT2D eigenvalue weighted by Gasteiger charge is -2.18. The Morgan fingerprint density at radius 3 is 1.83 bits per heavy atom. The number of aliphatic hydroxyl groups excluding tert-OH is 1. The largest absolute Gasteiger partial charge is 0.481 e. The van der Waals surface area contributed by atoms with Gasteiger partial charge in [0, 0.05) is 11.7 Å². The van der Waals surface area contributed by atoms with Gasteiger partial charge in [0.05, 0.1) is 11.9 Å². The van der Waals surface area contributed by atoms with Gasteiger partial charge in [0.15, 0.2) is 0 Å². The maximum atomic E-state index is 10.8. The molecule has 0 spiro atoms. The number of rotatable bonds is 21. The molecule has 29 heavy (non-hydrogen) atoms. The molecule has 0 aliphatic rings. The molecule has 0 fully saturated rings. The van der Waals surface area contributed by atoms with Gasteiger partial charge in [0.1, 0.15) is 0 Å². The van der Waals surface area contributed by atoms with Crippen LogP contribution in [-0.2, 0) is 9.59 Å². The van der Waals surface area contributed by atoms with Crippen LogP contribution in [0.3, 0.4) is 0 Å². The molecule has 0 saturated carbocycles.